The standard InChI is InChI=1S/C11H24ClNO3S/c1-4-10(5-2)11(12)9-13-17(14,15)8-6-7-16-3/h10-11,13H,4-9H2,1-3H3. The molecule has 0 saturated heterocycles. The van der Waals surface area contributed by atoms with Crippen LogP contribution in [-0.4, -0.2) is 39.8 Å². The maximum Gasteiger partial charge on any atom is 0.211 e. The summed E-state index contributed by atoms with van der Waals surface area (Å²) in [4.78, 5) is 0. The van der Waals surface area contributed by atoms with Crippen molar-refractivity contribution in [2.75, 3.05) is 26.0 Å². The van der Waals surface area contributed by atoms with Crippen LogP contribution in [0.4, 0.5) is 0 Å². The number of halogens is 1. The van der Waals surface area contributed by atoms with Gasteiger partial charge in [-0.3, -0.25) is 0 Å². The number of nitrogens with one attached hydrogen (secondary N) is 1. The molecule has 0 aliphatic heterocycles. The SMILES string of the molecule is CCC(CC)C(Cl)CNS(=O)(=O)CCCOC. The lowest BCUT2D eigenvalue weighted by molar-refractivity contribution is 0.199. The topological polar surface area (TPSA) is 55.4 Å². The molecule has 1 unspecified atom stereocenters. The molecule has 0 heterocycles. The lowest BCUT2D eigenvalue weighted by Gasteiger charge is -2.19. The first kappa shape index (κ1) is 17.2. The van der Waals surface area contributed by atoms with E-state index >= 15 is 0 Å². The van der Waals surface area contributed by atoms with E-state index in [1.165, 1.54) is 0 Å². The molecule has 0 aliphatic carbocycles. The highest BCUT2D eigenvalue weighted by atomic mass is 35.5. The zero-order valence-corrected chi connectivity index (χ0v) is 12.5. The van der Waals surface area contributed by atoms with Crippen molar-refractivity contribution in [3.05, 3.63) is 0 Å². The summed E-state index contributed by atoms with van der Waals surface area (Å²) in [6.07, 6.45) is 2.44. The average Bonchev–Trinajstić information content (AvgIpc) is 2.28. The van der Waals surface area contributed by atoms with Gasteiger partial charge in [-0.25, -0.2) is 13.1 Å². The maximum absolute atomic E-state index is 11.6. The van der Waals surface area contributed by atoms with E-state index in [0.29, 0.717) is 25.5 Å². The van der Waals surface area contributed by atoms with E-state index in [1.54, 1.807) is 7.11 Å². The monoisotopic (exact) mass is 285 g/mol. The molecular formula is C11H24ClNO3S. The van der Waals surface area contributed by atoms with Gasteiger partial charge in [-0.1, -0.05) is 26.7 Å². The minimum absolute atomic E-state index is 0.0906. The Labute approximate surface area is 110 Å². The number of hydrogen-bond acceptors (Lipinski definition) is 3. The van der Waals surface area contributed by atoms with E-state index in [4.69, 9.17) is 16.3 Å². The second kappa shape index (κ2) is 9.14. The summed E-state index contributed by atoms with van der Waals surface area (Å²) >= 11 is 6.16. The number of methoxy groups -OCH3 is 1. The Hall–Kier alpha value is 0.160. The van der Waals surface area contributed by atoms with E-state index in [2.05, 4.69) is 18.6 Å². The van der Waals surface area contributed by atoms with Crippen LogP contribution in [0.2, 0.25) is 0 Å². The fourth-order valence-electron chi connectivity index (χ4n) is 1.64. The Balaban J connectivity index is 4.00. The minimum Gasteiger partial charge on any atom is -0.385 e. The van der Waals surface area contributed by atoms with Gasteiger partial charge in [0, 0.05) is 25.6 Å². The van der Waals surface area contributed by atoms with Gasteiger partial charge in [0.2, 0.25) is 10.0 Å². The summed E-state index contributed by atoms with van der Waals surface area (Å²) in [6, 6.07) is 0. The van der Waals surface area contributed by atoms with Crippen LogP contribution in [-0.2, 0) is 14.8 Å². The third kappa shape index (κ3) is 7.97. The third-order valence-electron chi connectivity index (χ3n) is 2.82. The highest BCUT2D eigenvalue weighted by Crippen LogP contribution is 2.17. The zero-order valence-electron chi connectivity index (χ0n) is 10.9. The van der Waals surface area contributed by atoms with Gasteiger partial charge in [0.05, 0.1) is 5.75 Å². The molecule has 0 radical (unpaired) electrons. The van der Waals surface area contributed by atoms with E-state index in [9.17, 15) is 8.42 Å². The molecule has 1 N–H and O–H groups in total. The Morgan fingerprint density at radius 1 is 1.29 bits per heavy atom. The molecule has 1 atom stereocenters. The second-order valence-electron chi connectivity index (χ2n) is 4.11. The van der Waals surface area contributed by atoms with E-state index in [1.807, 2.05) is 0 Å². The average molecular weight is 286 g/mol. The van der Waals surface area contributed by atoms with Crippen molar-refractivity contribution in [2.24, 2.45) is 5.92 Å². The molecule has 6 heteroatoms. The van der Waals surface area contributed by atoms with Gasteiger partial charge in [-0.05, 0) is 12.3 Å². The Bertz CT molecular complexity index is 278. The number of rotatable bonds is 10. The molecule has 4 nitrogen and oxygen atoms in total. The predicted octanol–water partition coefficient (Wildman–Crippen LogP) is 1.99. The summed E-state index contributed by atoms with van der Waals surface area (Å²) in [5.41, 5.74) is 0. The van der Waals surface area contributed by atoms with E-state index < -0.39 is 10.0 Å². The zero-order chi connectivity index (χ0) is 13.3. The Morgan fingerprint density at radius 2 is 1.88 bits per heavy atom. The number of ether oxygens (including phenoxy) is 1. The third-order valence-corrected chi connectivity index (χ3v) is 4.76. The number of sulfonamides is 1. The van der Waals surface area contributed by atoms with E-state index in [-0.39, 0.29) is 11.1 Å². The molecule has 0 aromatic heterocycles. The summed E-state index contributed by atoms with van der Waals surface area (Å²) < 4.78 is 30.5. The Morgan fingerprint density at radius 3 is 2.35 bits per heavy atom. The van der Waals surface area contributed by atoms with Crippen molar-refractivity contribution in [1.82, 2.24) is 4.72 Å². The molecule has 17 heavy (non-hydrogen) atoms. The largest absolute Gasteiger partial charge is 0.385 e. The van der Waals surface area contributed by atoms with Crippen molar-refractivity contribution >= 4 is 21.6 Å². The molecule has 0 aromatic carbocycles. The molecule has 0 aromatic rings. The fourth-order valence-corrected chi connectivity index (χ4v) is 3.24. The minimum atomic E-state index is -3.21. The van der Waals surface area contributed by atoms with Gasteiger partial charge in [0.15, 0.2) is 0 Å². The Kier molecular flexibility index (Phi) is 9.22. The van der Waals surface area contributed by atoms with Gasteiger partial charge < -0.3 is 4.74 Å². The first-order valence-corrected chi connectivity index (χ1v) is 8.16. The van der Waals surface area contributed by atoms with Crippen LogP contribution >= 0.6 is 11.6 Å². The first-order valence-electron chi connectivity index (χ1n) is 6.07. The van der Waals surface area contributed by atoms with Crippen LogP contribution in [0.15, 0.2) is 0 Å². The van der Waals surface area contributed by atoms with Crippen molar-refractivity contribution in [2.45, 2.75) is 38.5 Å². The smallest absolute Gasteiger partial charge is 0.211 e. The summed E-state index contributed by atoms with van der Waals surface area (Å²) in [5.74, 6) is 0.450. The predicted molar refractivity (Wildman–Crippen MR) is 72.0 cm³/mol. The molecule has 0 amide bonds. The van der Waals surface area contributed by atoms with Crippen molar-refractivity contribution in [3.8, 4) is 0 Å². The quantitative estimate of drug-likeness (QED) is 0.493. The van der Waals surface area contributed by atoms with Crippen LogP contribution in [0.25, 0.3) is 0 Å². The van der Waals surface area contributed by atoms with Gasteiger partial charge in [-0.15, -0.1) is 11.6 Å². The highest BCUT2D eigenvalue weighted by Gasteiger charge is 2.18. The molecule has 0 aliphatic rings. The van der Waals surface area contributed by atoms with E-state index in [0.717, 1.165) is 12.8 Å². The maximum atomic E-state index is 11.6. The van der Waals surface area contributed by atoms with Crippen LogP contribution in [0, 0.1) is 5.92 Å². The summed E-state index contributed by atoms with van der Waals surface area (Å²) in [6.45, 7) is 4.90. The van der Waals surface area contributed by atoms with Crippen LogP contribution in [0.1, 0.15) is 33.1 Å². The molecule has 0 rings (SSSR count). The highest BCUT2D eigenvalue weighted by molar-refractivity contribution is 7.89. The van der Waals surface area contributed by atoms with Gasteiger partial charge in [0.25, 0.3) is 0 Å². The number of alkyl halides is 1. The van der Waals surface area contributed by atoms with Crippen molar-refractivity contribution in [3.63, 3.8) is 0 Å². The van der Waals surface area contributed by atoms with Gasteiger partial charge in [-0.2, -0.15) is 0 Å². The molecular weight excluding hydrogens is 262 g/mol. The second-order valence-corrected chi connectivity index (χ2v) is 6.59. The molecule has 0 bridgehead atoms. The van der Waals surface area contributed by atoms with Gasteiger partial charge in [0.1, 0.15) is 0 Å². The van der Waals surface area contributed by atoms with Crippen LogP contribution in [0.3, 0.4) is 0 Å². The van der Waals surface area contributed by atoms with Crippen LogP contribution in [0.5, 0.6) is 0 Å². The fraction of sp³-hybridized carbons (Fsp3) is 1.00. The van der Waals surface area contributed by atoms with Crippen molar-refractivity contribution < 1.29 is 13.2 Å². The number of hydrogen-bond donors (Lipinski definition) is 1. The van der Waals surface area contributed by atoms with Crippen molar-refractivity contribution in [1.29, 1.82) is 0 Å². The van der Waals surface area contributed by atoms with Crippen LogP contribution < -0.4 is 4.72 Å². The molecule has 104 valence electrons. The summed E-state index contributed by atoms with van der Waals surface area (Å²) in [7, 11) is -1.66. The lowest BCUT2D eigenvalue weighted by atomic mass is 9.99. The lowest BCUT2D eigenvalue weighted by Crippen LogP contribution is -2.34. The summed E-state index contributed by atoms with van der Waals surface area (Å²) in [5, 5.41) is -0.137. The first-order chi connectivity index (χ1) is 7.96. The molecule has 0 fully saturated rings. The molecule has 0 spiro atoms. The normalized spacial score (nSPS) is 14.2. The molecule has 0 saturated carbocycles. The van der Waals surface area contributed by atoms with Gasteiger partial charge >= 0.3 is 0 Å².